The number of hydrogen-bond donors (Lipinski definition) is 0. The lowest BCUT2D eigenvalue weighted by atomic mass is 10.2. The Kier molecular flexibility index (Phi) is 5.29. The van der Waals surface area contributed by atoms with E-state index >= 15 is 0 Å². The standard InChI is InChI=1S/C20H22N4O3/c25-18-4-13-27-19-14-16(2-3-17(18)19)26-12-1-7-23-8-10-24(11-9-23)20-15-21-5-6-22-20/h2-6,13-15H,1,7-12H2. The molecule has 0 bridgehead atoms. The van der Waals surface area contributed by atoms with Gasteiger partial charge in [-0.25, -0.2) is 4.98 Å². The van der Waals surface area contributed by atoms with Crippen molar-refractivity contribution in [1.82, 2.24) is 14.9 Å². The van der Waals surface area contributed by atoms with Crippen molar-refractivity contribution in [1.29, 1.82) is 0 Å². The van der Waals surface area contributed by atoms with Crippen LogP contribution in [0.3, 0.4) is 0 Å². The maximum absolute atomic E-state index is 11.7. The Morgan fingerprint density at radius 3 is 2.81 bits per heavy atom. The topological polar surface area (TPSA) is 71.7 Å². The lowest BCUT2D eigenvalue weighted by Crippen LogP contribution is -2.47. The third-order valence-corrected chi connectivity index (χ3v) is 4.77. The molecular formula is C20H22N4O3. The SMILES string of the molecule is O=c1ccoc2cc(OCCCN3CCN(c4cnccn4)CC3)ccc12. The smallest absolute Gasteiger partial charge is 0.192 e. The van der Waals surface area contributed by atoms with Crippen molar-refractivity contribution in [2.45, 2.75) is 6.42 Å². The maximum atomic E-state index is 11.7. The number of ether oxygens (including phenoxy) is 1. The number of rotatable bonds is 6. The summed E-state index contributed by atoms with van der Waals surface area (Å²) in [6, 6.07) is 6.77. The molecule has 27 heavy (non-hydrogen) atoms. The van der Waals surface area contributed by atoms with Gasteiger partial charge in [0.25, 0.3) is 0 Å². The molecule has 0 atom stereocenters. The lowest BCUT2D eigenvalue weighted by molar-refractivity contribution is 0.224. The zero-order chi connectivity index (χ0) is 18.5. The normalized spacial score (nSPS) is 15.2. The summed E-state index contributed by atoms with van der Waals surface area (Å²) in [6.07, 6.45) is 7.60. The molecule has 0 N–H and O–H groups in total. The van der Waals surface area contributed by atoms with E-state index in [1.165, 1.54) is 12.3 Å². The zero-order valence-electron chi connectivity index (χ0n) is 15.1. The summed E-state index contributed by atoms with van der Waals surface area (Å²) in [5, 5.41) is 0.575. The van der Waals surface area contributed by atoms with Crippen LogP contribution in [-0.2, 0) is 0 Å². The molecule has 0 amide bonds. The molecule has 1 saturated heterocycles. The highest BCUT2D eigenvalue weighted by Gasteiger charge is 2.17. The van der Waals surface area contributed by atoms with Crippen molar-refractivity contribution in [2.75, 3.05) is 44.2 Å². The first-order valence-electron chi connectivity index (χ1n) is 9.17. The molecule has 3 aromatic rings. The minimum absolute atomic E-state index is 0.0385. The number of hydrogen-bond acceptors (Lipinski definition) is 7. The van der Waals surface area contributed by atoms with Gasteiger partial charge in [-0.15, -0.1) is 0 Å². The first kappa shape index (κ1) is 17.5. The van der Waals surface area contributed by atoms with Gasteiger partial charge in [-0.05, 0) is 18.6 Å². The molecule has 1 aliphatic heterocycles. The molecule has 0 aliphatic carbocycles. The second-order valence-electron chi connectivity index (χ2n) is 6.54. The van der Waals surface area contributed by atoms with E-state index < -0.39 is 0 Å². The van der Waals surface area contributed by atoms with Gasteiger partial charge in [0, 0.05) is 57.3 Å². The van der Waals surface area contributed by atoms with E-state index in [1.807, 2.05) is 12.3 Å². The average Bonchev–Trinajstić information content (AvgIpc) is 2.72. The van der Waals surface area contributed by atoms with Gasteiger partial charge in [-0.3, -0.25) is 14.7 Å². The predicted molar refractivity (Wildman–Crippen MR) is 103 cm³/mol. The van der Waals surface area contributed by atoms with Crippen LogP contribution in [0.25, 0.3) is 11.0 Å². The molecular weight excluding hydrogens is 344 g/mol. The number of aromatic nitrogens is 2. The molecule has 1 fully saturated rings. The summed E-state index contributed by atoms with van der Waals surface area (Å²) in [5.41, 5.74) is 0.517. The minimum Gasteiger partial charge on any atom is -0.493 e. The van der Waals surface area contributed by atoms with Crippen LogP contribution in [0.15, 0.2) is 58.3 Å². The van der Waals surface area contributed by atoms with Gasteiger partial charge < -0.3 is 14.1 Å². The van der Waals surface area contributed by atoms with Crippen molar-refractivity contribution < 1.29 is 9.15 Å². The van der Waals surface area contributed by atoms with E-state index in [0.717, 1.165) is 50.7 Å². The molecule has 0 unspecified atom stereocenters. The minimum atomic E-state index is -0.0385. The maximum Gasteiger partial charge on any atom is 0.192 e. The monoisotopic (exact) mass is 366 g/mol. The number of benzene rings is 1. The summed E-state index contributed by atoms with van der Waals surface area (Å²) in [6.45, 7) is 5.58. The fourth-order valence-corrected chi connectivity index (χ4v) is 3.29. The van der Waals surface area contributed by atoms with Gasteiger partial charge in [0.05, 0.1) is 24.5 Å². The van der Waals surface area contributed by atoms with Crippen LogP contribution in [0.4, 0.5) is 5.82 Å². The van der Waals surface area contributed by atoms with Gasteiger partial charge in [0.2, 0.25) is 0 Å². The van der Waals surface area contributed by atoms with E-state index in [0.29, 0.717) is 17.6 Å². The molecule has 1 aliphatic rings. The van der Waals surface area contributed by atoms with Crippen LogP contribution in [0.1, 0.15) is 6.42 Å². The summed E-state index contributed by atoms with van der Waals surface area (Å²) in [7, 11) is 0. The van der Waals surface area contributed by atoms with Crippen LogP contribution >= 0.6 is 0 Å². The molecule has 2 aromatic heterocycles. The molecule has 0 radical (unpaired) electrons. The highest BCUT2D eigenvalue weighted by molar-refractivity contribution is 5.77. The fraction of sp³-hybridized carbons (Fsp3) is 0.350. The van der Waals surface area contributed by atoms with Gasteiger partial charge in [0.1, 0.15) is 17.2 Å². The van der Waals surface area contributed by atoms with Crippen molar-refractivity contribution in [3.05, 3.63) is 59.3 Å². The van der Waals surface area contributed by atoms with Crippen LogP contribution in [0.2, 0.25) is 0 Å². The molecule has 3 heterocycles. The Morgan fingerprint density at radius 2 is 2.00 bits per heavy atom. The second kappa shape index (κ2) is 8.18. The Bertz CT molecular complexity index is 937. The fourth-order valence-electron chi connectivity index (χ4n) is 3.29. The first-order chi connectivity index (χ1) is 13.3. The number of piperazine rings is 1. The third-order valence-electron chi connectivity index (χ3n) is 4.77. The lowest BCUT2D eigenvalue weighted by Gasteiger charge is -2.35. The van der Waals surface area contributed by atoms with E-state index in [2.05, 4.69) is 19.8 Å². The molecule has 140 valence electrons. The Balaban J connectivity index is 1.21. The number of nitrogens with zero attached hydrogens (tertiary/aromatic N) is 4. The largest absolute Gasteiger partial charge is 0.493 e. The highest BCUT2D eigenvalue weighted by atomic mass is 16.5. The van der Waals surface area contributed by atoms with E-state index in [9.17, 15) is 4.79 Å². The molecule has 4 rings (SSSR count). The van der Waals surface area contributed by atoms with Gasteiger partial charge in [-0.1, -0.05) is 0 Å². The van der Waals surface area contributed by atoms with E-state index in [-0.39, 0.29) is 5.43 Å². The molecule has 7 heteroatoms. The third kappa shape index (κ3) is 4.25. The summed E-state index contributed by atoms with van der Waals surface area (Å²) >= 11 is 0. The Labute approximate surface area is 157 Å². The van der Waals surface area contributed by atoms with Crippen LogP contribution < -0.4 is 15.1 Å². The predicted octanol–water partition coefficient (Wildman–Crippen LogP) is 2.17. The first-order valence-corrected chi connectivity index (χ1v) is 9.17. The molecule has 7 nitrogen and oxygen atoms in total. The molecule has 0 saturated carbocycles. The summed E-state index contributed by atoms with van der Waals surface area (Å²) < 4.78 is 11.2. The quantitative estimate of drug-likeness (QED) is 0.619. The van der Waals surface area contributed by atoms with Gasteiger partial charge in [0.15, 0.2) is 5.43 Å². The van der Waals surface area contributed by atoms with E-state index in [4.69, 9.17) is 9.15 Å². The van der Waals surface area contributed by atoms with Crippen LogP contribution in [0.5, 0.6) is 5.75 Å². The summed E-state index contributed by atoms with van der Waals surface area (Å²) in [4.78, 5) is 24.9. The number of fused-ring (bicyclic) bond motifs is 1. The molecule has 0 spiro atoms. The van der Waals surface area contributed by atoms with Crippen molar-refractivity contribution in [2.24, 2.45) is 0 Å². The van der Waals surface area contributed by atoms with Crippen LogP contribution in [0, 0.1) is 0 Å². The van der Waals surface area contributed by atoms with Crippen molar-refractivity contribution in [3.8, 4) is 5.75 Å². The summed E-state index contributed by atoms with van der Waals surface area (Å²) in [5.74, 6) is 1.67. The van der Waals surface area contributed by atoms with Gasteiger partial charge in [-0.2, -0.15) is 0 Å². The van der Waals surface area contributed by atoms with E-state index in [1.54, 1.807) is 24.5 Å². The Morgan fingerprint density at radius 1 is 1.11 bits per heavy atom. The average molecular weight is 366 g/mol. The number of anilines is 1. The van der Waals surface area contributed by atoms with Crippen molar-refractivity contribution in [3.63, 3.8) is 0 Å². The molecule has 1 aromatic carbocycles. The highest BCUT2D eigenvalue weighted by Crippen LogP contribution is 2.18. The zero-order valence-corrected chi connectivity index (χ0v) is 15.1. The Hall–Kier alpha value is -2.93. The van der Waals surface area contributed by atoms with Gasteiger partial charge >= 0.3 is 0 Å². The second-order valence-corrected chi connectivity index (χ2v) is 6.54. The van der Waals surface area contributed by atoms with Crippen molar-refractivity contribution >= 4 is 16.8 Å². The van der Waals surface area contributed by atoms with Crippen LogP contribution in [-0.4, -0.2) is 54.2 Å².